The van der Waals surface area contributed by atoms with Crippen molar-refractivity contribution in [3.63, 3.8) is 0 Å². The van der Waals surface area contributed by atoms with Gasteiger partial charge in [0.15, 0.2) is 0 Å². The van der Waals surface area contributed by atoms with Crippen molar-refractivity contribution in [3.05, 3.63) is 42.5 Å². The van der Waals surface area contributed by atoms with Gasteiger partial charge >= 0.3 is 0 Å². The monoisotopic (exact) mass is 379 g/mol. The first-order chi connectivity index (χ1) is 12.3. The third kappa shape index (κ3) is 5.40. The van der Waals surface area contributed by atoms with Gasteiger partial charge in [-0.05, 0) is 49.4 Å². The van der Waals surface area contributed by atoms with Gasteiger partial charge in [-0.1, -0.05) is 6.08 Å². The summed E-state index contributed by atoms with van der Waals surface area (Å²) in [7, 11) is -3.60. The molecular weight excluding hydrogens is 354 g/mol. The van der Waals surface area contributed by atoms with Gasteiger partial charge in [0, 0.05) is 31.6 Å². The molecule has 7 nitrogen and oxygen atoms in total. The molecule has 8 heteroatoms. The van der Waals surface area contributed by atoms with E-state index in [0.29, 0.717) is 31.5 Å². The number of carbonyl (C=O) groups is 2. The smallest absolute Gasteiger partial charge is 0.253 e. The predicted octanol–water partition coefficient (Wildman–Crippen LogP) is 1.27. The highest BCUT2D eigenvalue weighted by atomic mass is 32.2. The molecule has 1 aromatic rings. The van der Waals surface area contributed by atoms with Crippen LogP contribution in [0.15, 0.2) is 41.8 Å². The Morgan fingerprint density at radius 2 is 2.00 bits per heavy atom. The molecule has 1 saturated heterocycles. The average Bonchev–Trinajstić information content (AvgIpc) is 2.64. The molecule has 1 heterocycles. The third-order valence-corrected chi connectivity index (χ3v) is 5.87. The molecule has 2 amide bonds. The van der Waals surface area contributed by atoms with Crippen molar-refractivity contribution in [1.29, 1.82) is 0 Å². The second-order valence-electron chi connectivity index (χ2n) is 6.43. The lowest BCUT2D eigenvalue weighted by Gasteiger charge is -2.32. The number of benzene rings is 1. The first-order valence-corrected chi connectivity index (χ1v) is 10.1. The number of hydrogen-bond acceptors (Lipinski definition) is 4. The number of amides is 2. The van der Waals surface area contributed by atoms with Crippen LogP contribution in [0.2, 0.25) is 0 Å². The van der Waals surface area contributed by atoms with Crippen LogP contribution in [0.3, 0.4) is 0 Å². The molecule has 1 unspecified atom stereocenters. The standard InChI is InChI=1S/C18H25N3O4S/c1-2-11-20-26(24,25)16-8-6-15(7-9-16)18(23)21-12-3-4-14(13-21)5-10-17(19)22/h2,6-9,14,20H,1,3-5,10-13H2,(H2,19,22). The Kier molecular flexibility index (Phi) is 6.93. The fourth-order valence-corrected chi connectivity index (χ4v) is 4.04. The summed E-state index contributed by atoms with van der Waals surface area (Å²) in [5.74, 6) is -0.185. The van der Waals surface area contributed by atoms with Crippen LogP contribution in [-0.2, 0) is 14.8 Å². The molecule has 0 aliphatic carbocycles. The number of nitrogens with two attached hydrogens (primary N) is 1. The molecule has 1 atom stereocenters. The van der Waals surface area contributed by atoms with Crippen molar-refractivity contribution in [2.24, 2.45) is 11.7 Å². The van der Waals surface area contributed by atoms with Gasteiger partial charge in [0.2, 0.25) is 15.9 Å². The Balaban J connectivity index is 2.03. The summed E-state index contributed by atoms with van der Waals surface area (Å²) < 4.78 is 26.5. The Morgan fingerprint density at radius 1 is 1.31 bits per heavy atom. The number of sulfonamides is 1. The van der Waals surface area contributed by atoms with Crippen LogP contribution >= 0.6 is 0 Å². The van der Waals surface area contributed by atoms with E-state index in [1.807, 2.05) is 0 Å². The van der Waals surface area contributed by atoms with E-state index in [9.17, 15) is 18.0 Å². The molecule has 142 valence electrons. The molecule has 3 N–H and O–H groups in total. The number of nitrogens with one attached hydrogen (secondary N) is 1. The summed E-state index contributed by atoms with van der Waals surface area (Å²) in [4.78, 5) is 25.5. The second kappa shape index (κ2) is 8.95. The number of nitrogens with zero attached hydrogens (tertiary/aromatic N) is 1. The summed E-state index contributed by atoms with van der Waals surface area (Å²) in [5, 5.41) is 0. The maximum absolute atomic E-state index is 12.7. The SMILES string of the molecule is C=CCNS(=O)(=O)c1ccc(C(=O)N2CCCC(CCC(N)=O)C2)cc1. The Labute approximate surface area is 154 Å². The lowest BCUT2D eigenvalue weighted by atomic mass is 9.93. The summed E-state index contributed by atoms with van der Waals surface area (Å²) in [6.07, 6.45) is 4.33. The minimum Gasteiger partial charge on any atom is -0.370 e. The Morgan fingerprint density at radius 3 is 2.62 bits per heavy atom. The highest BCUT2D eigenvalue weighted by Crippen LogP contribution is 2.22. The zero-order valence-electron chi connectivity index (χ0n) is 14.7. The maximum atomic E-state index is 12.7. The highest BCUT2D eigenvalue weighted by Gasteiger charge is 2.25. The fraction of sp³-hybridized carbons (Fsp3) is 0.444. The zero-order chi connectivity index (χ0) is 19.2. The average molecular weight is 379 g/mol. The maximum Gasteiger partial charge on any atom is 0.253 e. The minimum atomic E-state index is -3.60. The molecule has 1 aliphatic rings. The van der Waals surface area contributed by atoms with Crippen molar-refractivity contribution in [1.82, 2.24) is 9.62 Å². The van der Waals surface area contributed by atoms with Crippen LogP contribution in [0.5, 0.6) is 0 Å². The van der Waals surface area contributed by atoms with E-state index in [4.69, 9.17) is 5.73 Å². The summed E-state index contributed by atoms with van der Waals surface area (Å²) in [6, 6.07) is 5.90. The van der Waals surface area contributed by atoms with Gasteiger partial charge in [0.05, 0.1) is 4.90 Å². The third-order valence-electron chi connectivity index (χ3n) is 4.43. The molecule has 0 bridgehead atoms. The second-order valence-corrected chi connectivity index (χ2v) is 8.20. The Bertz CT molecular complexity index is 759. The quantitative estimate of drug-likeness (QED) is 0.663. The van der Waals surface area contributed by atoms with Gasteiger partial charge in [0.25, 0.3) is 5.91 Å². The minimum absolute atomic E-state index is 0.105. The molecular formula is C18H25N3O4S. The van der Waals surface area contributed by atoms with E-state index in [1.54, 1.807) is 4.90 Å². The molecule has 1 aromatic carbocycles. The van der Waals surface area contributed by atoms with Crippen LogP contribution in [0.1, 0.15) is 36.0 Å². The lowest BCUT2D eigenvalue weighted by molar-refractivity contribution is -0.118. The van der Waals surface area contributed by atoms with Crippen molar-refractivity contribution in [2.75, 3.05) is 19.6 Å². The molecule has 2 rings (SSSR count). The molecule has 0 spiro atoms. The topological polar surface area (TPSA) is 110 Å². The number of likely N-dealkylation sites (tertiary alicyclic amines) is 1. The van der Waals surface area contributed by atoms with E-state index in [1.165, 1.54) is 30.3 Å². The summed E-state index contributed by atoms with van der Waals surface area (Å²) >= 11 is 0. The molecule has 1 aliphatic heterocycles. The number of carbonyl (C=O) groups excluding carboxylic acids is 2. The van der Waals surface area contributed by atoms with E-state index < -0.39 is 10.0 Å². The van der Waals surface area contributed by atoms with Gasteiger partial charge < -0.3 is 10.6 Å². The van der Waals surface area contributed by atoms with E-state index in [0.717, 1.165) is 12.8 Å². The predicted molar refractivity (Wildman–Crippen MR) is 98.9 cm³/mol. The van der Waals surface area contributed by atoms with Gasteiger partial charge in [0.1, 0.15) is 0 Å². The summed E-state index contributed by atoms with van der Waals surface area (Å²) in [6.45, 7) is 4.86. The van der Waals surface area contributed by atoms with Crippen LogP contribution < -0.4 is 10.5 Å². The molecule has 0 saturated carbocycles. The lowest BCUT2D eigenvalue weighted by Crippen LogP contribution is -2.40. The largest absolute Gasteiger partial charge is 0.370 e. The first kappa shape index (κ1) is 20.1. The number of primary amides is 1. The van der Waals surface area contributed by atoms with Gasteiger partial charge in [-0.15, -0.1) is 6.58 Å². The van der Waals surface area contributed by atoms with E-state index >= 15 is 0 Å². The van der Waals surface area contributed by atoms with Crippen LogP contribution in [0.4, 0.5) is 0 Å². The number of hydrogen-bond donors (Lipinski definition) is 2. The summed E-state index contributed by atoms with van der Waals surface area (Å²) in [5.41, 5.74) is 5.64. The van der Waals surface area contributed by atoms with Gasteiger partial charge in [-0.25, -0.2) is 13.1 Å². The molecule has 1 fully saturated rings. The molecule has 0 aromatic heterocycles. The highest BCUT2D eigenvalue weighted by molar-refractivity contribution is 7.89. The first-order valence-electron chi connectivity index (χ1n) is 8.61. The van der Waals surface area contributed by atoms with Crippen molar-refractivity contribution in [3.8, 4) is 0 Å². The van der Waals surface area contributed by atoms with Gasteiger partial charge in [-0.3, -0.25) is 9.59 Å². The zero-order valence-corrected chi connectivity index (χ0v) is 15.5. The molecule has 26 heavy (non-hydrogen) atoms. The Hall–Kier alpha value is -2.19. The van der Waals surface area contributed by atoms with Crippen LogP contribution in [-0.4, -0.2) is 44.8 Å². The van der Waals surface area contributed by atoms with Crippen molar-refractivity contribution in [2.45, 2.75) is 30.6 Å². The van der Waals surface area contributed by atoms with Crippen molar-refractivity contribution < 1.29 is 18.0 Å². The van der Waals surface area contributed by atoms with Crippen LogP contribution in [0.25, 0.3) is 0 Å². The van der Waals surface area contributed by atoms with E-state index in [2.05, 4.69) is 11.3 Å². The van der Waals surface area contributed by atoms with Gasteiger partial charge in [-0.2, -0.15) is 0 Å². The van der Waals surface area contributed by atoms with E-state index in [-0.39, 0.29) is 29.2 Å². The van der Waals surface area contributed by atoms with Crippen LogP contribution in [0, 0.1) is 5.92 Å². The normalized spacial score (nSPS) is 17.7. The number of piperidine rings is 1. The fourth-order valence-electron chi connectivity index (χ4n) is 3.04. The number of rotatable bonds is 8. The molecule has 0 radical (unpaired) electrons. The van der Waals surface area contributed by atoms with Crippen molar-refractivity contribution >= 4 is 21.8 Å².